The third kappa shape index (κ3) is 3.83. The number of hydrogen-bond donors (Lipinski definition) is 1. The lowest BCUT2D eigenvalue weighted by atomic mass is 10.1. The monoisotopic (exact) mass is 291 g/mol. The van der Waals surface area contributed by atoms with Gasteiger partial charge >= 0.3 is 0 Å². The van der Waals surface area contributed by atoms with Crippen LogP contribution in [0.15, 0.2) is 18.2 Å². The van der Waals surface area contributed by atoms with Crippen molar-refractivity contribution in [3.8, 4) is 0 Å². The van der Waals surface area contributed by atoms with Crippen LogP contribution in [-0.4, -0.2) is 11.4 Å². The maximum atomic E-state index is 13.3. The molecule has 0 saturated carbocycles. The molecule has 1 nitrogen and oxygen atoms in total. The summed E-state index contributed by atoms with van der Waals surface area (Å²) in [5, 5.41) is 4.05. The van der Waals surface area contributed by atoms with Gasteiger partial charge in [-0.05, 0) is 25.0 Å². The molecule has 0 aliphatic heterocycles. The van der Waals surface area contributed by atoms with E-state index in [1.54, 1.807) is 0 Å². The maximum absolute atomic E-state index is 13.3. The third-order valence-electron chi connectivity index (χ3n) is 2.58. The van der Waals surface area contributed by atoms with Crippen molar-refractivity contribution >= 4 is 15.9 Å². The van der Waals surface area contributed by atoms with Gasteiger partial charge in [0.15, 0.2) is 0 Å². The summed E-state index contributed by atoms with van der Waals surface area (Å²) in [6, 6.07) is 4.24. The Bertz CT molecular complexity index is 311. The Labute approximate surface area is 103 Å². The molecule has 1 rings (SSSR count). The molecule has 0 heterocycles. The predicted octanol–water partition coefficient (Wildman–Crippen LogP) is 3.62. The molecule has 0 bridgehead atoms. The van der Waals surface area contributed by atoms with Gasteiger partial charge in [-0.25, -0.2) is 8.78 Å². The van der Waals surface area contributed by atoms with Gasteiger partial charge in [0, 0.05) is 23.5 Å². The van der Waals surface area contributed by atoms with Gasteiger partial charge in [-0.2, -0.15) is 0 Å². The molecule has 0 aromatic heterocycles. The number of hydrogen-bond acceptors (Lipinski definition) is 1. The van der Waals surface area contributed by atoms with Crippen molar-refractivity contribution in [2.75, 3.05) is 5.33 Å². The number of alkyl halides is 1. The van der Waals surface area contributed by atoms with Gasteiger partial charge < -0.3 is 5.32 Å². The van der Waals surface area contributed by atoms with Gasteiger partial charge in [-0.15, -0.1) is 0 Å². The Kier molecular flexibility index (Phi) is 5.91. The second-order valence-corrected chi connectivity index (χ2v) is 4.46. The fraction of sp³-hybridized carbons (Fsp3) is 0.500. The third-order valence-corrected chi connectivity index (χ3v) is 3.04. The van der Waals surface area contributed by atoms with Gasteiger partial charge in [0.1, 0.15) is 11.6 Å². The summed E-state index contributed by atoms with van der Waals surface area (Å²) < 4.78 is 26.6. The zero-order valence-electron chi connectivity index (χ0n) is 9.27. The summed E-state index contributed by atoms with van der Waals surface area (Å²) >= 11 is 3.36. The quantitative estimate of drug-likeness (QED) is 0.790. The first-order chi connectivity index (χ1) is 7.69. The molecule has 4 heteroatoms. The van der Waals surface area contributed by atoms with Gasteiger partial charge in [-0.3, -0.25) is 0 Å². The minimum atomic E-state index is -0.485. The molecule has 16 heavy (non-hydrogen) atoms. The lowest BCUT2D eigenvalue weighted by Gasteiger charge is -2.16. The number of rotatable bonds is 6. The molecule has 90 valence electrons. The number of benzene rings is 1. The number of nitrogens with one attached hydrogen (secondary N) is 1. The van der Waals surface area contributed by atoms with Crippen LogP contribution in [0.5, 0.6) is 0 Å². The molecule has 1 atom stereocenters. The second-order valence-electron chi connectivity index (χ2n) is 3.66. The lowest BCUT2D eigenvalue weighted by molar-refractivity contribution is 0.464. The zero-order chi connectivity index (χ0) is 12.0. The van der Waals surface area contributed by atoms with Gasteiger partial charge in [0.05, 0.1) is 0 Å². The van der Waals surface area contributed by atoms with Crippen LogP contribution in [-0.2, 0) is 6.54 Å². The topological polar surface area (TPSA) is 12.0 Å². The van der Waals surface area contributed by atoms with Gasteiger partial charge in [0.2, 0.25) is 0 Å². The molecule has 0 aliphatic rings. The molecule has 0 aliphatic carbocycles. The first-order valence-electron chi connectivity index (χ1n) is 5.41. The Morgan fingerprint density at radius 2 is 1.94 bits per heavy atom. The highest BCUT2D eigenvalue weighted by atomic mass is 79.9. The fourth-order valence-electron chi connectivity index (χ4n) is 1.53. The standard InChI is InChI=1S/C12H16BrF2N/c1-2-9(6-7-13)16-8-10-11(14)4-3-5-12(10)15/h3-5,9,16H,2,6-8H2,1H3. The van der Waals surface area contributed by atoms with Crippen molar-refractivity contribution in [3.05, 3.63) is 35.4 Å². The SMILES string of the molecule is CCC(CCBr)NCc1c(F)cccc1F. The minimum absolute atomic E-state index is 0.121. The molecule has 1 N–H and O–H groups in total. The molecular weight excluding hydrogens is 276 g/mol. The lowest BCUT2D eigenvalue weighted by Crippen LogP contribution is -2.29. The molecule has 0 spiro atoms. The van der Waals surface area contributed by atoms with E-state index in [4.69, 9.17) is 0 Å². The average molecular weight is 292 g/mol. The molecular formula is C12H16BrF2N. The normalized spacial score (nSPS) is 12.8. The van der Waals surface area contributed by atoms with E-state index < -0.39 is 11.6 Å². The van der Waals surface area contributed by atoms with Crippen LogP contribution in [0, 0.1) is 11.6 Å². The molecule has 0 radical (unpaired) electrons. The highest BCUT2D eigenvalue weighted by Crippen LogP contribution is 2.12. The van der Waals surface area contributed by atoms with Crippen molar-refractivity contribution in [1.82, 2.24) is 5.32 Å². The minimum Gasteiger partial charge on any atom is -0.310 e. The van der Waals surface area contributed by atoms with Crippen LogP contribution in [0.1, 0.15) is 25.3 Å². The van der Waals surface area contributed by atoms with E-state index in [9.17, 15) is 8.78 Å². The molecule has 1 unspecified atom stereocenters. The van der Waals surface area contributed by atoms with Crippen LogP contribution in [0.3, 0.4) is 0 Å². The van der Waals surface area contributed by atoms with Crippen molar-refractivity contribution in [2.45, 2.75) is 32.4 Å². The predicted molar refractivity (Wildman–Crippen MR) is 65.7 cm³/mol. The highest BCUT2D eigenvalue weighted by Gasteiger charge is 2.10. The smallest absolute Gasteiger partial charge is 0.130 e. The van der Waals surface area contributed by atoms with Gasteiger partial charge in [-0.1, -0.05) is 28.9 Å². The summed E-state index contributed by atoms with van der Waals surface area (Å²) in [5.41, 5.74) is 0.121. The summed E-state index contributed by atoms with van der Waals surface area (Å²) in [7, 11) is 0. The zero-order valence-corrected chi connectivity index (χ0v) is 10.9. The van der Waals surface area contributed by atoms with E-state index in [-0.39, 0.29) is 12.1 Å². The van der Waals surface area contributed by atoms with Crippen LogP contribution >= 0.6 is 15.9 Å². The molecule has 0 fully saturated rings. The number of halogens is 3. The van der Waals surface area contributed by atoms with E-state index in [0.717, 1.165) is 18.2 Å². The molecule has 0 saturated heterocycles. The summed E-state index contributed by atoms with van der Waals surface area (Å²) in [6.45, 7) is 2.29. The van der Waals surface area contributed by atoms with E-state index in [0.29, 0.717) is 6.04 Å². The average Bonchev–Trinajstić information content (AvgIpc) is 2.27. The Balaban J connectivity index is 2.59. The van der Waals surface area contributed by atoms with Crippen molar-refractivity contribution in [2.24, 2.45) is 0 Å². The molecule has 0 amide bonds. The Morgan fingerprint density at radius 3 is 2.44 bits per heavy atom. The maximum Gasteiger partial charge on any atom is 0.130 e. The van der Waals surface area contributed by atoms with E-state index in [1.807, 2.05) is 0 Å². The Morgan fingerprint density at radius 1 is 1.31 bits per heavy atom. The van der Waals surface area contributed by atoms with Crippen LogP contribution in [0.2, 0.25) is 0 Å². The van der Waals surface area contributed by atoms with Crippen molar-refractivity contribution in [1.29, 1.82) is 0 Å². The van der Waals surface area contributed by atoms with Crippen molar-refractivity contribution < 1.29 is 8.78 Å². The van der Waals surface area contributed by atoms with Crippen LogP contribution in [0.4, 0.5) is 8.78 Å². The second kappa shape index (κ2) is 6.97. The van der Waals surface area contributed by atoms with E-state index >= 15 is 0 Å². The van der Waals surface area contributed by atoms with Crippen LogP contribution < -0.4 is 5.32 Å². The molecule has 1 aromatic rings. The highest BCUT2D eigenvalue weighted by molar-refractivity contribution is 9.09. The van der Waals surface area contributed by atoms with E-state index in [1.165, 1.54) is 18.2 Å². The van der Waals surface area contributed by atoms with E-state index in [2.05, 4.69) is 28.2 Å². The molecule has 1 aromatic carbocycles. The van der Waals surface area contributed by atoms with Crippen molar-refractivity contribution in [3.63, 3.8) is 0 Å². The first kappa shape index (κ1) is 13.6. The summed E-state index contributed by atoms with van der Waals surface area (Å²) in [4.78, 5) is 0. The Hall–Kier alpha value is -0.480. The fourth-order valence-corrected chi connectivity index (χ4v) is 2.08. The largest absolute Gasteiger partial charge is 0.310 e. The first-order valence-corrected chi connectivity index (χ1v) is 6.53. The van der Waals surface area contributed by atoms with Gasteiger partial charge in [0.25, 0.3) is 0 Å². The summed E-state index contributed by atoms with van der Waals surface area (Å²) in [6.07, 6.45) is 1.90. The summed E-state index contributed by atoms with van der Waals surface area (Å²) in [5.74, 6) is -0.970. The van der Waals surface area contributed by atoms with Crippen LogP contribution in [0.25, 0.3) is 0 Å².